The maximum absolute atomic E-state index is 11.1. The maximum atomic E-state index is 11.1. The monoisotopic (exact) mass is 223 g/mol. The van der Waals surface area contributed by atoms with Gasteiger partial charge < -0.3 is 15.0 Å². The smallest absolute Gasteiger partial charge is 0.269 e. The molecule has 1 aliphatic heterocycles. The van der Waals surface area contributed by atoms with Crippen molar-refractivity contribution >= 4 is 5.91 Å². The second-order valence-electron chi connectivity index (χ2n) is 4.46. The van der Waals surface area contributed by atoms with E-state index in [1.54, 1.807) is 6.33 Å². The zero-order valence-electron chi connectivity index (χ0n) is 9.80. The lowest BCUT2D eigenvalue weighted by Crippen LogP contribution is -2.15. The number of carbonyl (C=O) groups excluding carboxylic acids is 1. The van der Waals surface area contributed by atoms with Crippen molar-refractivity contribution < 1.29 is 9.53 Å². The lowest BCUT2D eigenvalue weighted by molar-refractivity contribution is 0.00485. The van der Waals surface area contributed by atoms with Crippen LogP contribution in [0.1, 0.15) is 42.7 Å². The SMILES string of the molecule is Cc1c(C(N)=O)ncn1[C@H]1C[C@H](C)[C@@H](C)O1. The molecule has 1 aliphatic rings. The highest BCUT2D eigenvalue weighted by Crippen LogP contribution is 2.33. The Kier molecular flexibility index (Phi) is 2.71. The minimum absolute atomic E-state index is 0.0226. The molecule has 5 heteroatoms. The molecule has 0 aliphatic carbocycles. The molecule has 1 aromatic rings. The van der Waals surface area contributed by atoms with Gasteiger partial charge in [0, 0.05) is 5.69 Å². The Morgan fingerprint density at radius 2 is 2.31 bits per heavy atom. The Morgan fingerprint density at radius 1 is 1.62 bits per heavy atom. The fourth-order valence-corrected chi connectivity index (χ4v) is 2.08. The highest BCUT2D eigenvalue weighted by atomic mass is 16.5. The van der Waals surface area contributed by atoms with Gasteiger partial charge in [-0.2, -0.15) is 0 Å². The first kappa shape index (κ1) is 11.1. The van der Waals surface area contributed by atoms with E-state index in [4.69, 9.17) is 10.5 Å². The van der Waals surface area contributed by atoms with Gasteiger partial charge in [-0.25, -0.2) is 4.98 Å². The normalized spacial score (nSPS) is 29.6. The van der Waals surface area contributed by atoms with Gasteiger partial charge in [0.05, 0.1) is 12.4 Å². The maximum Gasteiger partial charge on any atom is 0.269 e. The van der Waals surface area contributed by atoms with E-state index in [1.807, 2.05) is 11.5 Å². The highest BCUT2D eigenvalue weighted by Gasteiger charge is 2.31. The molecule has 1 amide bonds. The van der Waals surface area contributed by atoms with Crippen LogP contribution in [0.3, 0.4) is 0 Å². The van der Waals surface area contributed by atoms with Crippen LogP contribution in [0, 0.1) is 12.8 Å². The molecule has 0 spiro atoms. The molecule has 5 nitrogen and oxygen atoms in total. The topological polar surface area (TPSA) is 70.1 Å². The van der Waals surface area contributed by atoms with E-state index < -0.39 is 5.91 Å². The second kappa shape index (κ2) is 3.90. The number of hydrogen-bond acceptors (Lipinski definition) is 3. The summed E-state index contributed by atoms with van der Waals surface area (Å²) in [6, 6.07) is 0. The van der Waals surface area contributed by atoms with Gasteiger partial charge >= 0.3 is 0 Å². The van der Waals surface area contributed by atoms with Crippen LogP contribution in [-0.4, -0.2) is 21.6 Å². The molecular formula is C11H17N3O2. The summed E-state index contributed by atoms with van der Waals surface area (Å²) in [7, 11) is 0. The second-order valence-corrected chi connectivity index (χ2v) is 4.46. The van der Waals surface area contributed by atoms with Crippen LogP contribution >= 0.6 is 0 Å². The average Bonchev–Trinajstić information content (AvgIpc) is 2.71. The standard InChI is InChI=1S/C11H17N3O2/c1-6-4-9(16-8(6)3)14-5-13-10(7(14)2)11(12)15/h5-6,8-9H,4H2,1-3H3,(H2,12,15)/t6-,8+,9+/m0/s1. The van der Waals surface area contributed by atoms with Crippen LogP contribution in [0.15, 0.2) is 6.33 Å². The Morgan fingerprint density at radius 3 is 2.75 bits per heavy atom. The van der Waals surface area contributed by atoms with E-state index in [2.05, 4.69) is 18.8 Å². The van der Waals surface area contributed by atoms with Crippen molar-refractivity contribution in [1.82, 2.24) is 9.55 Å². The largest absolute Gasteiger partial charge is 0.364 e. The zero-order valence-corrected chi connectivity index (χ0v) is 9.80. The van der Waals surface area contributed by atoms with Gasteiger partial charge in [-0.3, -0.25) is 4.79 Å². The summed E-state index contributed by atoms with van der Waals surface area (Å²) in [5, 5.41) is 0. The van der Waals surface area contributed by atoms with Crippen LogP contribution in [-0.2, 0) is 4.74 Å². The van der Waals surface area contributed by atoms with E-state index in [9.17, 15) is 4.79 Å². The number of amides is 1. The van der Waals surface area contributed by atoms with Crippen molar-refractivity contribution in [1.29, 1.82) is 0 Å². The fourth-order valence-electron chi connectivity index (χ4n) is 2.08. The van der Waals surface area contributed by atoms with Gasteiger partial charge in [0.15, 0.2) is 0 Å². The third-order valence-electron chi connectivity index (χ3n) is 3.33. The van der Waals surface area contributed by atoms with Gasteiger partial charge in [-0.15, -0.1) is 0 Å². The van der Waals surface area contributed by atoms with Crippen LogP contribution in [0.5, 0.6) is 0 Å². The van der Waals surface area contributed by atoms with Gasteiger partial charge in [0.2, 0.25) is 0 Å². The number of rotatable bonds is 2. The van der Waals surface area contributed by atoms with Crippen molar-refractivity contribution in [2.75, 3.05) is 0 Å². The first-order valence-electron chi connectivity index (χ1n) is 5.49. The minimum atomic E-state index is -0.490. The summed E-state index contributed by atoms with van der Waals surface area (Å²) in [5.41, 5.74) is 6.33. The number of nitrogens with zero attached hydrogens (tertiary/aromatic N) is 2. The first-order valence-corrected chi connectivity index (χ1v) is 5.49. The lowest BCUT2D eigenvalue weighted by atomic mass is 10.1. The number of ether oxygens (including phenoxy) is 1. The summed E-state index contributed by atoms with van der Waals surface area (Å²) >= 11 is 0. The highest BCUT2D eigenvalue weighted by molar-refractivity contribution is 5.91. The molecule has 2 N–H and O–H groups in total. The summed E-state index contributed by atoms with van der Waals surface area (Å²) < 4.78 is 7.69. The predicted molar refractivity (Wildman–Crippen MR) is 58.8 cm³/mol. The third-order valence-corrected chi connectivity index (χ3v) is 3.33. The van der Waals surface area contributed by atoms with Crippen molar-refractivity contribution in [3.05, 3.63) is 17.7 Å². The number of nitrogens with two attached hydrogens (primary N) is 1. The molecule has 16 heavy (non-hydrogen) atoms. The van der Waals surface area contributed by atoms with Gasteiger partial charge in [0.25, 0.3) is 5.91 Å². The summed E-state index contributed by atoms with van der Waals surface area (Å²) in [4.78, 5) is 15.1. The molecular weight excluding hydrogens is 206 g/mol. The quantitative estimate of drug-likeness (QED) is 0.819. The number of aromatic nitrogens is 2. The first-order chi connectivity index (χ1) is 7.50. The summed E-state index contributed by atoms with van der Waals surface area (Å²) in [6.07, 6.45) is 2.79. The van der Waals surface area contributed by atoms with Crippen molar-refractivity contribution in [2.45, 2.75) is 39.5 Å². The van der Waals surface area contributed by atoms with E-state index in [1.165, 1.54) is 0 Å². The molecule has 0 unspecified atom stereocenters. The third kappa shape index (κ3) is 1.71. The van der Waals surface area contributed by atoms with Gasteiger partial charge in [-0.05, 0) is 26.2 Å². The van der Waals surface area contributed by atoms with Crippen LogP contribution < -0.4 is 5.73 Å². The van der Waals surface area contributed by atoms with E-state index in [0.717, 1.165) is 12.1 Å². The molecule has 0 radical (unpaired) electrons. The summed E-state index contributed by atoms with van der Waals surface area (Å²) in [6.45, 7) is 6.06. The van der Waals surface area contributed by atoms with Crippen LogP contribution in [0.2, 0.25) is 0 Å². The number of carbonyl (C=O) groups is 1. The molecule has 88 valence electrons. The van der Waals surface area contributed by atoms with Crippen molar-refractivity contribution in [2.24, 2.45) is 11.7 Å². The predicted octanol–water partition coefficient (Wildman–Crippen LogP) is 1.23. The molecule has 0 saturated carbocycles. The molecule has 1 aromatic heterocycles. The molecule has 1 saturated heterocycles. The Labute approximate surface area is 94.6 Å². The molecule has 1 fully saturated rings. The van der Waals surface area contributed by atoms with Crippen LogP contribution in [0.25, 0.3) is 0 Å². The van der Waals surface area contributed by atoms with E-state index in [0.29, 0.717) is 11.6 Å². The average molecular weight is 223 g/mol. The Hall–Kier alpha value is -1.36. The fraction of sp³-hybridized carbons (Fsp3) is 0.636. The summed E-state index contributed by atoms with van der Waals surface area (Å²) in [5.74, 6) is 0.0270. The Balaban J connectivity index is 2.26. The van der Waals surface area contributed by atoms with Crippen LogP contribution in [0.4, 0.5) is 0 Å². The van der Waals surface area contributed by atoms with E-state index >= 15 is 0 Å². The molecule has 2 heterocycles. The van der Waals surface area contributed by atoms with Gasteiger partial charge in [0.1, 0.15) is 11.9 Å². The molecule has 0 bridgehead atoms. The van der Waals surface area contributed by atoms with Crippen molar-refractivity contribution in [3.63, 3.8) is 0 Å². The van der Waals surface area contributed by atoms with Gasteiger partial charge in [-0.1, -0.05) is 6.92 Å². The lowest BCUT2D eigenvalue weighted by Gasteiger charge is -2.14. The number of hydrogen-bond donors (Lipinski definition) is 1. The molecule has 0 aromatic carbocycles. The van der Waals surface area contributed by atoms with E-state index in [-0.39, 0.29) is 12.3 Å². The molecule has 3 atom stereocenters. The number of imidazole rings is 1. The minimum Gasteiger partial charge on any atom is -0.364 e. The Bertz CT molecular complexity index is 403. The van der Waals surface area contributed by atoms with Crippen molar-refractivity contribution in [3.8, 4) is 0 Å². The zero-order chi connectivity index (χ0) is 11.9. The molecule has 2 rings (SSSR count). The number of primary amides is 1.